The van der Waals surface area contributed by atoms with Crippen LogP contribution in [0.15, 0.2) is 54.1 Å². The number of benzene rings is 2. The molecule has 6 nitrogen and oxygen atoms in total. The lowest BCUT2D eigenvalue weighted by atomic mass is 9.91. The summed E-state index contributed by atoms with van der Waals surface area (Å²) in [4.78, 5) is 28.1. The molecule has 1 heterocycles. The normalized spacial score (nSPS) is 21.4. The van der Waals surface area contributed by atoms with Crippen molar-refractivity contribution in [2.24, 2.45) is 0 Å². The maximum absolute atomic E-state index is 13.2. The summed E-state index contributed by atoms with van der Waals surface area (Å²) in [5.74, 6) is -0.378. The number of carbonyl (C=O) groups excluding carboxylic acids is 2. The third-order valence-corrected chi connectivity index (χ3v) is 6.22. The van der Waals surface area contributed by atoms with E-state index < -0.39 is 17.7 Å². The van der Waals surface area contributed by atoms with Gasteiger partial charge in [-0.3, -0.25) is 9.59 Å². The molecule has 2 aliphatic rings. The van der Waals surface area contributed by atoms with Crippen LogP contribution in [0.5, 0.6) is 11.5 Å². The van der Waals surface area contributed by atoms with Gasteiger partial charge >= 0.3 is 0 Å². The fraction of sp³-hybridized carbons (Fsp3) is 0.360. The fourth-order valence-corrected chi connectivity index (χ4v) is 4.71. The monoisotopic (exact) mass is 421 g/mol. The van der Waals surface area contributed by atoms with Crippen LogP contribution in [0.1, 0.15) is 49.3 Å². The predicted octanol–water partition coefficient (Wildman–Crippen LogP) is 4.46. The third-order valence-electron chi connectivity index (χ3n) is 6.22. The Bertz CT molecular complexity index is 1020. The highest BCUT2D eigenvalue weighted by atomic mass is 16.5. The summed E-state index contributed by atoms with van der Waals surface area (Å²) in [6.07, 6.45) is 4.87. The molecule has 1 N–H and O–H groups in total. The van der Waals surface area contributed by atoms with Gasteiger partial charge in [0, 0.05) is 6.04 Å². The molecular weight excluding hydrogens is 394 g/mol. The van der Waals surface area contributed by atoms with Crippen LogP contribution in [0.3, 0.4) is 0 Å². The first kappa shape index (κ1) is 21.0. The summed E-state index contributed by atoms with van der Waals surface area (Å²) in [5, 5.41) is 11.3. The Morgan fingerprint density at radius 1 is 0.968 bits per heavy atom. The zero-order valence-corrected chi connectivity index (χ0v) is 17.8. The van der Waals surface area contributed by atoms with Gasteiger partial charge in [0.05, 0.1) is 31.4 Å². The zero-order chi connectivity index (χ0) is 22.0. The largest absolute Gasteiger partial charge is 0.507 e. The van der Waals surface area contributed by atoms with Gasteiger partial charge in [0.2, 0.25) is 0 Å². The lowest BCUT2D eigenvalue weighted by Crippen LogP contribution is -2.40. The maximum Gasteiger partial charge on any atom is 0.295 e. The predicted molar refractivity (Wildman–Crippen MR) is 117 cm³/mol. The van der Waals surface area contributed by atoms with Crippen molar-refractivity contribution >= 4 is 17.4 Å². The van der Waals surface area contributed by atoms with Gasteiger partial charge in [0.15, 0.2) is 0 Å². The standard InChI is InChI=1S/C25H27NO5/c1-30-18-12-8-9-16(15-18)22-21(23(27)19-13-6-7-14-20(19)31-2)24(28)25(29)26(22)17-10-4-3-5-11-17/h6-9,12-15,17,22,27H,3-5,10-11H2,1-2H3/b23-21-. The van der Waals surface area contributed by atoms with E-state index in [9.17, 15) is 14.7 Å². The molecule has 31 heavy (non-hydrogen) atoms. The van der Waals surface area contributed by atoms with Crippen molar-refractivity contribution in [2.45, 2.75) is 44.2 Å². The van der Waals surface area contributed by atoms with Crippen LogP contribution in [0.2, 0.25) is 0 Å². The lowest BCUT2D eigenvalue weighted by molar-refractivity contribution is -0.141. The van der Waals surface area contributed by atoms with Crippen LogP contribution >= 0.6 is 0 Å². The van der Waals surface area contributed by atoms with E-state index in [1.807, 2.05) is 24.3 Å². The number of likely N-dealkylation sites (tertiary alicyclic amines) is 1. The molecule has 0 spiro atoms. The molecule has 0 bridgehead atoms. The Morgan fingerprint density at radius 3 is 2.42 bits per heavy atom. The number of rotatable bonds is 5. The van der Waals surface area contributed by atoms with Crippen LogP contribution in [-0.4, -0.2) is 42.0 Å². The molecular formula is C25H27NO5. The number of ether oxygens (including phenoxy) is 2. The van der Waals surface area contributed by atoms with Crippen molar-refractivity contribution in [3.63, 3.8) is 0 Å². The number of nitrogens with zero attached hydrogens (tertiary/aromatic N) is 1. The van der Waals surface area contributed by atoms with Gasteiger partial charge in [0.25, 0.3) is 11.7 Å². The van der Waals surface area contributed by atoms with E-state index in [1.165, 1.54) is 7.11 Å². The number of methoxy groups -OCH3 is 2. The molecule has 4 rings (SSSR count). The van der Waals surface area contributed by atoms with Crippen molar-refractivity contribution in [3.05, 3.63) is 65.2 Å². The Balaban J connectivity index is 1.91. The highest BCUT2D eigenvalue weighted by molar-refractivity contribution is 6.46. The highest BCUT2D eigenvalue weighted by Gasteiger charge is 2.49. The van der Waals surface area contributed by atoms with E-state index in [1.54, 1.807) is 36.3 Å². The van der Waals surface area contributed by atoms with Crippen LogP contribution in [-0.2, 0) is 9.59 Å². The van der Waals surface area contributed by atoms with Gasteiger partial charge in [0.1, 0.15) is 17.3 Å². The summed E-state index contributed by atoms with van der Waals surface area (Å²) < 4.78 is 10.8. The minimum atomic E-state index is -0.678. The minimum Gasteiger partial charge on any atom is -0.507 e. The van der Waals surface area contributed by atoms with Crippen molar-refractivity contribution in [3.8, 4) is 11.5 Å². The maximum atomic E-state index is 13.2. The number of hydrogen-bond donors (Lipinski definition) is 1. The smallest absolute Gasteiger partial charge is 0.295 e. The fourth-order valence-electron chi connectivity index (χ4n) is 4.71. The van der Waals surface area contributed by atoms with E-state index in [4.69, 9.17) is 9.47 Å². The first-order valence-electron chi connectivity index (χ1n) is 10.6. The van der Waals surface area contributed by atoms with Crippen molar-refractivity contribution < 1.29 is 24.2 Å². The lowest BCUT2D eigenvalue weighted by Gasteiger charge is -2.35. The number of Topliss-reactive ketones (excluding diaryl/α,β-unsaturated/α-hetero) is 1. The second-order valence-corrected chi connectivity index (χ2v) is 7.98. The van der Waals surface area contributed by atoms with Crippen LogP contribution in [0.4, 0.5) is 0 Å². The molecule has 1 aliphatic heterocycles. The van der Waals surface area contributed by atoms with E-state index in [0.717, 1.165) is 37.7 Å². The molecule has 2 fully saturated rings. The Labute approximate surface area is 182 Å². The van der Waals surface area contributed by atoms with Gasteiger partial charge in [-0.15, -0.1) is 0 Å². The zero-order valence-electron chi connectivity index (χ0n) is 17.8. The molecule has 2 aromatic carbocycles. The summed E-state index contributed by atoms with van der Waals surface area (Å²) in [6.45, 7) is 0. The molecule has 1 saturated heterocycles. The van der Waals surface area contributed by atoms with Gasteiger partial charge < -0.3 is 19.5 Å². The third kappa shape index (κ3) is 3.78. The molecule has 1 saturated carbocycles. The van der Waals surface area contributed by atoms with Gasteiger partial charge in [-0.1, -0.05) is 43.5 Å². The molecule has 2 aromatic rings. The van der Waals surface area contributed by atoms with E-state index in [0.29, 0.717) is 17.1 Å². The van der Waals surface area contributed by atoms with Crippen molar-refractivity contribution in [1.29, 1.82) is 0 Å². The van der Waals surface area contributed by atoms with Gasteiger partial charge in [-0.05, 0) is 42.7 Å². The van der Waals surface area contributed by atoms with E-state index in [2.05, 4.69) is 0 Å². The average Bonchev–Trinajstić information content (AvgIpc) is 3.09. The number of amides is 1. The number of ketones is 1. The van der Waals surface area contributed by atoms with Gasteiger partial charge in [-0.25, -0.2) is 0 Å². The van der Waals surface area contributed by atoms with Crippen LogP contribution < -0.4 is 9.47 Å². The quantitative estimate of drug-likeness (QED) is 0.438. The molecule has 0 aromatic heterocycles. The number of carbonyl (C=O) groups is 2. The number of aliphatic hydroxyl groups excluding tert-OH is 1. The number of hydrogen-bond acceptors (Lipinski definition) is 5. The molecule has 1 unspecified atom stereocenters. The molecule has 1 amide bonds. The molecule has 1 aliphatic carbocycles. The summed E-state index contributed by atoms with van der Waals surface area (Å²) >= 11 is 0. The SMILES string of the molecule is COc1cccc(C2/C(=C(/O)c3ccccc3OC)C(=O)C(=O)N2C2CCCCC2)c1. The first-order chi connectivity index (χ1) is 15.1. The van der Waals surface area contributed by atoms with E-state index >= 15 is 0 Å². The first-order valence-corrected chi connectivity index (χ1v) is 10.6. The summed E-state index contributed by atoms with van der Waals surface area (Å²) in [6, 6.07) is 13.6. The Morgan fingerprint density at radius 2 is 1.71 bits per heavy atom. The molecule has 6 heteroatoms. The average molecular weight is 421 g/mol. The summed E-state index contributed by atoms with van der Waals surface area (Å²) in [7, 11) is 3.08. The second-order valence-electron chi connectivity index (χ2n) is 7.98. The highest BCUT2D eigenvalue weighted by Crippen LogP contribution is 2.44. The van der Waals surface area contributed by atoms with E-state index in [-0.39, 0.29) is 17.4 Å². The van der Waals surface area contributed by atoms with Crippen LogP contribution in [0, 0.1) is 0 Å². The second kappa shape index (κ2) is 8.84. The minimum absolute atomic E-state index is 0.0376. The topological polar surface area (TPSA) is 76.1 Å². The number of aliphatic hydroxyl groups is 1. The van der Waals surface area contributed by atoms with Crippen LogP contribution in [0.25, 0.3) is 5.76 Å². The van der Waals surface area contributed by atoms with Crippen molar-refractivity contribution in [1.82, 2.24) is 4.90 Å². The number of para-hydroxylation sites is 1. The Kier molecular flexibility index (Phi) is 5.98. The molecule has 162 valence electrons. The van der Waals surface area contributed by atoms with Gasteiger partial charge in [-0.2, -0.15) is 0 Å². The van der Waals surface area contributed by atoms with Crippen molar-refractivity contribution in [2.75, 3.05) is 14.2 Å². The molecule has 1 atom stereocenters. The summed E-state index contributed by atoms with van der Waals surface area (Å²) in [5.41, 5.74) is 1.22. The Hall–Kier alpha value is -3.28. The molecule has 0 radical (unpaired) electrons.